The zero-order valence-electron chi connectivity index (χ0n) is 14.1. The number of aromatic nitrogens is 1. The fourth-order valence-corrected chi connectivity index (χ4v) is 4.27. The average Bonchev–Trinajstić information content (AvgIpc) is 2.90. The smallest absolute Gasteiger partial charge is 0.342 e. The Kier molecular flexibility index (Phi) is 4.72. The molecule has 1 aromatic carbocycles. The fraction of sp³-hybridized carbons (Fsp3) is 0.263. The Morgan fingerprint density at radius 1 is 1.32 bits per heavy atom. The van der Waals surface area contributed by atoms with Crippen LogP contribution in [0, 0.1) is 0 Å². The van der Waals surface area contributed by atoms with E-state index in [1.807, 2.05) is 37.3 Å². The van der Waals surface area contributed by atoms with Crippen LogP contribution < -0.4 is 10.3 Å². The van der Waals surface area contributed by atoms with Crippen LogP contribution in [0.4, 0.5) is 0 Å². The van der Waals surface area contributed by atoms with Crippen molar-refractivity contribution >= 4 is 17.7 Å². The number of pyridine rings is 1. The summed E-state index contributed by atoms with van der Waals surface area (Å²) in [6.45, 7) is 4.06. The maximum Gasteiger partial charge on any atom is 0.342 e. The minimum absolute atomic E-state index is 0.208. The second-order valence-electron chi connectivity index (χ2n) is 6.21. The van der Waals surface area contributed by atoms with Crippen molar-refractivity contribution in [3.8, 4) is 5.75 Å². The van der Waals surface area contributed by atoms with Crippen LogP contribution in [-0.4, -0.2) is 15.6 Å². The van der Waals surface area contributed by atoms with Gasteiger partial charge in [-0.3, -0.25) is 9.36 Å². The number of hydrogen-bond donors (Lipinski definition) is 1. The molecule has 0 spiro atoms. The van der Waals surface area contributed by atoms with Crippen LogP contribution in [0.25, 0.3) is 0 Å². The molecule has 1 N–H and O–H groups in total. The Bertz CT molecular complexity index is 888. The Morgan fingerprint density at radius 2 is 2.04 bits per heavy atom. The summed E-state index contributed by atoms with van der Waals surface area (Å²) in [5.74, 6) is -0.443. The van der Waals surface area contributed by atoms with Gasteiger partial charge in [-0.2, -0.15) is 0 Å². The number of carboxylic acids is 1. The van der Waals surface area contributed by atoms with Crippen molar-refractivity contribution in [2.45, 2.75) is 31.7 Å². The number of hydrogen-bond acceptors (Lipinski definition) is 4. The lowest BCUT2D eigenvalue weighted by molar-refractivity contribution is -0.131. The molecule has 0 aliphatic carbocycles. The highest BCUT2D eigenvalue weighted by molar-refractivity contribution is 8.04. The lowest BCUT2D eigenvalue weighted by Crippen LogP contribution is -2.34. The molecule has 1 aliphatic heterocycles. The maximum atomic E-state index is 12.5. The maximum absolute atomic E-state index is 12.5. The molecule has 0 bridgehead atoms. The molecule has 0 radical (unpaired) electrons. The molecule has 0 saturated heterocycles. The normalized spacial score (nSPS) is 19.9. The third kappa shape index (κ3) is 3.64. The van der Waals surface area contributed by atoms with Gasteiger partial charge in [-0.25, -0.2) is 4.79 Å². The molecule has 1 aliphatic rings. The number of ether oxygens (including phenoxy) is 1. The minimum atomic E-state index is -0.943. The van der Waals surface area contributed by atoms with Crippen LogP contribution in [-0.2, 0) is 16.3 Å². The van der Waals surface area contributed by atoms with E-state index in [4.69, 9.17) is 4.74 Å². The van der Waals surface area contributed by atoms with Gasteiger partial charge in [-0.15, -0.1) is 0 Å². The Labute approximate surface area is 149 Å². The van der Waals surface area contributed by atoms with Crippen LogP contribution in [0.5, 0.6) is 5.75 Å². The zero-order chi connectivity index (χ0) is 18.0. The summed E-state index contributed by atoms with van der Waals surface area (Å²) in [6.07, 6.45) is 2.19. The van der Waals surface area contributed by atoms with Crippen LogP contribution in [0.1, 0.15) is 25.8 Å². The van der Waals surface area contributed by atoms with Crippen LogP contribution >= 0.6 is 11.8 Å². The summed E-state index contributed by atoms with van der Waals surface area (Å²) in [5, 5.41) is 9.27. The molecule has 3 rings (SSSR count). The van der Waals surface area contributed by atoms with Crippen LogP contribution in [0.2, 0.25) is 0 Å². The largest absolute Gasteiger partial charge is 0.489 e. The highest BCUT2D eigenvalue weighted by Crippen LogP contribution is 2.48. The number of aliphatic carboxylic acids is 1. The van der Waals surface area contributed by atoms with Crippen LogP contribution in [0.3, 0.4) is 0 Å². The lowest BCUT2D eigenvalue weighted by atomic mass is 10.1. The van der Waals surface area contributed by atoms with E-state index in [2.05, 4.69) is 0 Å². The first-order valence-corrected chi connectivity index (χ1v) is 8.73. The molecule has 2 heterocycles. The SMILES string of the molecule is CC1=C(C(=O)O)S[C@@](C)(n2ccc(OCc3ccccc3)cc2=O)C1. The van der Waals surface area contributed by atoms with Gasteiger partial charge in [0.2, 0.25) is 0 Å². The second kappa shape index (κ2) is 6.80. The van der Waals surface area contributed by atoms with E-state index >= 15 is 0 Å². The number of rotatable bonds is 5. The minimum Gasteiger partial charge on any atom is -0.489 e. The number of carbonyl (C=O) groups is 1. The summed E-state index contributed by atoms with van der Waals surface area (Å²) >= 11 is 1.21. The van der Waals surface area contributed by atoms with E-state index in [-0.39, 0.29) is 5.56 Å². The number of benzene rings is 1. The Morgan fingerprint density at radius 3 is 2.64 bits per heavy atom. The van der Waals surface area contributed by atoms with Crippen molar-refractivity contribution < 1.29 is 14.6 Å². The van der Waals surface area contributed by atoms with Gasteiger partial charge in [0.15, 0.2) is 0 Å². The number of carboxylic acid groups (broad SMARTS) is 1. The molecule has 1 aromatic heterocycles. The molecule has 25 heavy (non-hydrogen) atoms. The number of nitrogens with zero attached hydrogens (tertiary/aromatic N) is 1. The van der Waals surface area contributed by atoms with Gasteiger partial charge in [-0.1, -0.05) is 42.1 Å². The highest BCUT2D eigenvalue weighted by Gasteiger charge is 2.38. The quantitative estimate of drug-likeness (QED) is 0.885. The predicted octanol–water partition coefficient (Wildman–Crippen LogP) is 3.60. The molecule has 0 saturated carbocycles. The standard InChI is InChI=1S/C19H19NO4S/c1-13-11-19(2,25-17(13)18(22)23)20-9-8-15(10-16(20)21)24-12-14-6-4-3-5-7-14/h3-10H,11-12H2,1-2H3,(H,22,23)/t19-/m1/s1. The van der Waals surface area contributed by atoms with Crippen molar-refractivity contribution in [3.63, 3.8) is 0 Å². The molecular weight excluding hydrogens is 338 g/mol. The summed E-state index contributed by atoms with van der Waals surface area (Å²) in [6, 6.07) is 12.9. The molecule has 5 nitrogen and oxygen atoms in total. The van der Waals surface area contributed by atoms with E-state index in [1.165, 1.54) is 17.8 Å². The van der Waals surface area contributed by atoms with Crippen molar-refractivity contribution in [1.82, 2.24) is 4.57 Å². The predicted molar refractivity (Wildman–Crippen MR) is 97.7 cm³/mol. The Hall–Kier alpha value is -2.47. The molecular formula is C19H19NO4S. The van der Waals surface area contributed by atoms with Crippen molar-refractivity contribution in [1.29, 1.82) is 0 Å². The molecule has 2 aromatic rings. The van der Waals surface area contributed by atoms with Gasteiger partial charge in [0.25, 0.3) is 5.56 Å². The van der Waals surface area contributed by atoms with Crippen molar-refractivity contribution in [2.75, 3.05) is 0 Å². The van der Waals surface area contributed by atoms with Gasteiger partial charge in [-0.05, 0) is 31.1 Å². The van der Waals surface area contributed by atoms with Crippen molar-refractivity contribution in [3.05, 3.63) is 75.1 Å². The first-order chi connectivity index (χ1) is 11.9. The lowest BCUT2D eigenvalue weighted by Gasteiger charge is -2.26. The van der Waals surface area contributed by atoms with E-state index in [9.17, 15) is 14.7 Å². The summed E-state index contributed by atoms with van der Waals surface area (Å²) in [7, 11) is 0. The van der Waals surface area contributed by atoms with Gasteiger partial charge in [0, 0.05) is 18.7 Å². The molecule has 130 valence electrons. The first kappa shape index (κ1) is 17.4. The summed E-state index contributed by atoms with van der Waals surface area (Å²) < 4.78 is 7.26. The van der Waals surface area contributed by atoms with E-state index in [0.29, 0.717) is 23.7 Å². The fourth-order valence-electron chi connectivity index (χ4n) is 2.96. The first-order valence-electron chi connectivity index (χ1n) is 7.91. The van der Waals surface area contributed by atoms with Crippen molar-refractivity contribution in [2.24, 2.45) is 0 Å². The molecule has 0 fully saturated rings. The topological polar surface area (TPSA) is 68.5 Å². The third-order valence-electron chi connectivity index (χ3n) is 4.15. The van der Waals surface area contributed by atoms with Gasteiger partial charge >= 0.3 is 5.97 Å². The number of thioether (sulfide) groups is 1. The average molecular weight is 357 g/mol. The summed E-state index contributed by atoms with van der Waals surface area (Å²) in [5.41, 5.74) is 1.60. The highest BCUT2D eigenvalue weighted by atomic mass is 32.2. The zero-order valence-corrected chi connectivity index (χ0v) is 14.9. The van der Waals surface area contributed by atoms with E-state index < -0.39 is 10.8 Å². The van der Waals surface area contributed by atoms with Gasteiger partial charge in [0.05, 0.1) is 9.78 Å². The van der Waals surface area contributed by atoms with Gasteiger partial charge < -0.3 is 9.84 Å². The number of allylic oxidation sites excluding steroid dienone is 1. The van der Waals surface area contributed by atoms with Crippen LogP contribution in [0.15, 0.2) is 63.9 Å². The Balaban J connectivity index is 1.77. The van der Waals surface area contributed by atoms with Gasteiger partial charge in [0.1, 0.15) is 12.4 Å². The second-order valence-corrected chi connectivity index (χ2v) is 7.71. The van der Waals surface area contributed by atoms with E-state index in [0.717, 1.165) is 11.1 Å². The molecule has 0 amide bonds. The molecule has 6 heteroatoms. The summed E-state index contributed by atoms with van der Waals surface area (Å²) in [4.78, 5) is 23.5. The molecule has 0 unspecified atom stereocenters. The van der Waals surface area contributed by atoms with E-state index in [1.54, 1.807) is 23.8 Å². The monoisotopic (exact) mass is 357 g/mol. The third-order valence-corrected chi connectivity index (χ3v) is 5.65. The molecule has 1 atom stereocenters.